The van der Waals surface area contributed by atoms with Crippen molar-refractivity contribution in [2.24, 2.45) is 0 Å². The van der Waals surface area contributed by atoms with Gasteiger partial charge in [0.25, 0.3) is 0 Å². The van der Waals surface area contributed by atoms with E-state index in [1.54, 1.807) is 0 Å². The van der Waals surface area contributed by atoms with Gasteiger partial charge in [-0.25, -0.2) is 0 Å². The fraction of sp³-hybridized carbons (Fsp3) is 0.118. The number of carbonyl (C=O) groups excluding carboxylic acids is 1. The van der Waals surface area contributed by atoms with E-state index in [9.17, 15) is 4.79 Å². The molecule has 0 aromatic heterocycles. The average Bonchev–Trinajstić information content (AvgIpc) is 2.47. The molecule has 19 heavy (non-hydrogen) atoms. The van der Waals surface area contributed by atoms with Crippen LogP contribution < -0.4 is 5.46 Å². The van der Waals surface area contributed by atoms with Gasteiger partial charge < -0.3 is 0 Å². The number of benzene rings is 2. The molecule has 0 aliphatic rings. The molecule has 0 aliphatic carbocycles. The molecular weight excluding hydrogens is 231 g/mol. The molecule has 0 fully saturated rings. The third-order valence-electron chi connectivity index (χ3n) is 3.26. The zero-order chi connectivity index (χ0) is 13.8. The molecule has 1 radical (unpaired) electrons. The molecule has 2 aromatic rings. The largest absolute Gasteiger partial charge is 0.289 e. The van der Waals surface area contributed by atoms with Crippen LogP contribution in [-0.4, -0.2) is 13.1 Å². The van der Waals surface area contributed by atoms with Crippen molar-refractivity contribution in [1.29, 1.82) is 0 Å². The van der Waals surface area contributed by atoms with E-state index in [1.807, 2.05) is 31.1 Å². The lowest BCUT2D eigenvalue weighted by Crippen LogP contribution is -2.11. The Morgan fingerprint density at radius 3 is 2.58 bits per heavy atom. The standard InChI is InChI=1S/C17H16BO/c1-4-17(19)15-8-6-5-7-14(15)16-11-13(18-3)10-9-12(16)2/h4-11H,1H2,2-3H3. The predicted molar refractivity (Wildman–Crippen MR) is 82.4 cm³/mol. The van der Waals surface area contributed by atoms with E-state index in [2.05, 4.69) is 39.0 Å². The van der Waals surface area contributed by atoms with E-state index in [0.29, 0.717) is 5.56 Å². The molecule has 0 bridgehead atoms. The van der Waals surface area contributed by atoms with Gasteiger partial charge in [0.05, 0.1) is 0 Å². The molecule has 1 nitrogen and oxygen atoms in total. The Hall–Kier alpha value is -2.09. The Kier molecular flexibility index (Phi) is 4.01. The van der Waals surface area contributed by atoms with Gasteiger partial charge in [-0.05, 0) is 29.7 Å². The number of rotatable bonds is 4. The summed E-state index contributed by atoms with van der Waals surface area (Å²) in [5.41, 5.74) is 5.08. The van der Waals surface area contributed by atoms with Gasteiger partial charge in [-0.2, -0.15) is 0 Å². The van der Waals surface area contributed by atoms with Crippen LogP contribution >= 0.6 is 0 Å². The first-order chi connectivity index (χ1) is 9.17. The van der Waals surface area contributed by atoms with E-state index < -0.39 is 0 Å². The first-order valence-electron chi connectivity index (χ1n) is 6.33. The van der Waals surface area contributed by atoms with Crippen molar-refractivity contribution < 1.29 is 4.79 Å². The highest BCUT2D eigenvalue weighted by molar-refractivity contribution is 6.52. The summed E-state index contributed by atoms with van der Waals surface area (Å²) in [7, 11) is 2.06. The van der Waals surface area contributed by atoms with Crippen LogP contribution in [0.15, 0.2) is 55.1 Å². The first kappa shape index (κ1) is 13.3. The molecular formula is C17H16BO. The molecule has 0 aliphatic heterocycles. The summed E-state index contributed by atoms with van der Waals surface area (Å²) in [6, 6.07) is 13.9. The Balaban J connectivity index is 2.65. The molecule has 93 valence electrons. The number of hydrogen-bond donors (Lipinski definition) is 0. The summed E-state index contributed by atoms with van der Waals surface area (Å²) < 4.78 is 0. The summed E-state index contributed by atoms with van der Waals surface area (Å²) in [4.78, 5) is 11.9. The van der Waals surface area contributed by atoms with Crippen LogP contribution in [0.1, 0.15) is 15.9 Å². The molecule has 0 atom stereocenters. The Morgan fingerprint density at radius 2 is 1.89 bits per heavy atom. The average molecular weight is 247 g/mol. The van der Waals surface area contributed by atoms with Crippen molar-refractivity contribution in [3.05, 3.63) is 66.2 Å². The second-order valence-electron chi connectivity index (χ2n) is 4.48. The van der Waals surface area contributed by atoms with Crippen LogP contribution in [0, 0.1) is 6.92 Å². The van der Waals surface area contributed by atoms with Gasteiger partial charge in [0.1, 0.15) is 7.28 Å². The van der Waals surface area contributed by atoms with Crippen molar-refractivity contribution in [3.63, 3.8) is 0 Å². The maximum absolute atomic E-state index is 11.9. The number of aryl methyl sites for hydroxylation is 1. The fourth-order valence-electron chi connectivity index (χ4n) is 2.15. The smallest absolute Gasteiger partial charge is 0.185 e. The summed E-state index contributed by atoms with van der Waals surface area (Å²) >= 11 is 0. The van der Waals surface area contributed by atoms with Gasteiger partial charge in [0, 0.05) is 5.56 Å². The maximum Gasteiger partial charge on any atom is 0.185 e. The Bertz CT molecular complexity index is 629. The lowest BCUT2D eigenvalue weighted by molar-refractivity contribution is 0.104. The molecule has 0 N–H and O–H groups in total. The number of allylic oxidation sites excluding steroid dienone is 1. The highest BCUT2D eigenvalue weighted by Gasteiger charge is 2.11. The van der Waals surface area contributed by atoms with Crippen molar-refractivity contribution >= 4 is 18.5 Å². The van der Waals surface area contributed by atoms with Crippen molar-refractivity contribution in [2.45, 2.75) is 13.7 Å². The van der Waals surface area contributed by atoms with Crippen molar-refractivity contribution in [3.8, 4) is 11.1 Å². The van der Waals surface area contributed by atoms with E-state index >= 15 is 0 Å². The van der Waals surface area contributed by atoms with Gasteiger partial charge in [-0.15, -0.1) is 0 Å². The van der Waals surface area contributed by atoms with E-state index in [4.69, 9.17) is 0 Å². The molecule has 0 amide bonds. The SMILES string of the molecule is C=CC(=O)c1ccccc1-c1cc([B]C)ccc1C. The highest BCUT2D eigenvalue weighted by Crippen LogP contribution is 2.26. The minimum Gasteiger partial charge on any atom is -0.289 e. The van der Waals surface area contributed by atoms with Crippen LogP contribution in [0.25, 0.3) is 11.1 Å². The van der Waals surface area contributed by atoms with Crippen LogP contribution in [0.5, 0.6) is 0 Å². The van der Waals surface area contributed by atoms with Crippen LogP contribution in [0.4, 0.5) is 0 Å². The van der Waals surface area contributed by atoms with Crippen molar-refractivity contribution in [1.82, 2.24) is 0 Å². The first-order valence-corrected chi connectivity index (χ1v) is 6.33. The molecule has 0 unspecified atom stereocenters. The summed E-state index contributed by atoms with van der Waals surface area (Å²) in [6.45, 7) is 7.64. The van der Waals surface area contributed by atoms with E-state index in [-0.39, 0.29) is 5.78 Å². The monoisotopic (exact) mass is 247 g/mol. The summed E-state index contributed by atoms with van der Waals surface area (Å²) in [5.74, 6) is -0.0409. The summed E-state index contributed by atoms with van der Waals surface area (Å²) in [5, 5.41) is 0. The molecule has 2 rings (SSSR count). The number of hydrogen-bond acceptors (Lipinski definition) is 1. The zero-order valence-electron chi connectivity index (χ0n) is 11.3. The predicted octanol–water partition coefficient (Wildman–Crippen LogP) is 3.41. The third-order valence-corrected chi connectivity index (χ3v) is 3.26. The van der Waals surface area contributed by atoms with Gasteiger partial charge in [0.2, 0.25) is 0 Å². The zero-order valence-corrected chi connectivity index (χ0v) is 11.3. The van der Waals surface area contributed by atoms with Gasteiger partial charge in [-0.1, -0.05) is 61.3 Å². The van der Waals surface area contributed by atoms with Crippen molar-refractivity contribution in [2.75, 3.05) is 0 Å². The van der Waals surface area contributed by atoms with Gasteiger partial charge in [-0.3, -0.25) is 4.79 Å². The Morgan fingerprint density at radius 1 is 1.16 bits per heavy atom. The minimum atomic E-state index is -0.0409. The molecule has 0 saturated heterocycles. The minimum absolute atomic E-state index is 0.0409. The molecule has 0 saturated carbocycles. The second-order valence-corrected chi connectivity index (χ2v) is 4.48. The van der Waals surface area contributed by atoms with Crippen LogP contribution in [0.3, 0.4) is 0 Å². The second kappa shape index (κ2) is 5.70. The molecule has 2 aromatic carbocycles. The third kappa shape index (κ3) is 2.68. The quantitative estimate of drug-likeness (QED) is 0.459. The fourth-order valence-corrected chi connectivity index (χ4v) is 2.15. The normalized spacial score (nSPS) is 10.0. The Labute approximate surface area is 115 Å². The van der Waals surface area contributed by atoms with Crippen LogP contribution in [0.2, 0.25) is 6.82 Å². The van der Waals surface area contributed by atoms with Crippen LogP contribution in [-0.2, 0) is 0 Å². The number of carbonyl (C=O) groups is 1. The highest BCUT2D eigenvalue weighted by atomic mass is 16.1. The topological polar surface area (TPSA) is 17.1 Å². The van der Waals surface area contributed by atoms with Gasteiger partial charge >= 0.3 is 0 Å². The summed E-state index contributed by atoms with van der Waals surface area (Å²) in [6.07, 6.45) is 1.37. The number of ketones is 1. The molecule has 2 heteroatoms. The lowest BCUT2D eigenvalue weighted by atomic mass is 9.72. The maximum atomic E-state index is 11.9. The van der Waals surface area contributed by atoms with E-state index in [1.165, 1.54) is 6.08 Å². The van der Waals surface area contributed by atoms with Gasteiger partial charge in [0.15, 0.2) is 5.78 Å². The lowest BCUT2D eigenvalue weighted by Gasteiger charge is -2.11. The molecule has 0 spiro atoms. The molecule has 0 heterocycles. The van der Waals surface area contributed by atoms with E-state index in [0.717, 1.165) is 22.2 Å².